The van der Waals surface area contributed by atoms with E-state index in [4.69, 9.17) is 5.73 Å². The Labute approximate surface area is 157 Å². The Kier molecular flexibility index (Phi) is 7.47. The van der Waals surface area contributed by atoms with E-state index in [1.165, 1.54) is 11.8 Å². The largest absolute Gasteiger partial charge is 0.354 e. The first-order valence-corrected chi connectivity index (χ1v) is 10.5. The van der Waals surface area contributed by atoms with Gasteiger partial charge in [0.15, 0.2) is 0 Å². The molecule has 1 atom stereocenters. The number of carbonyl (C=O) groups is 1. The fraction of sp³-hybridized carbons (Fsp3) is 0.611. The highest BCUT2D eigenvalue weighted by Gasteiger charge is 2.46. The SMILES string of the molecule is CC(C)c1ccc(C(N)CNC(=O)CC2(CS(C)(=O)=O)CC2)cc1.Cl. The lowest BCUT2D eigenvalue weighted by Crippen LogP contribution is -2.34. The van der Waals surface area contributed by atoms with Crippen LogP contribution >= 0.6 is 12.4 Å². The Bertz CT molecular complexity index is 683. The molecule has 0 aliphatic heterocycles. The highest BCUT2D eigenvalue weighted by molar-refractivity contribution is 7.90. The monoisotopic (exact) mass is 388 g/mol. The molecule has 1 fully saturated rings. The number of rotatable bonds is 8. The van der Waals surface area contributed by atoms with Crippen molar-refractivity contribution in [3.05, 3.63) is 35.4 Å². The molecule has 1 aromatic rings. The summed E-state index contributed by atoms with van der Waals surface area (Å²) in [4.78, 5) is 12.1. The zero-order chi connectivity index (χ0) is 18.0. The standard InChI is InChI=1S/C18H28N2O3S.ClH/c1-13(2)14-4-6-15(7-5-14)16(19)11-20-17(21)10-18(8-9-18)12-24(3,22)23;/h4-7,13,16H,8-12,19H2,1-3H3,(H,20,21);1H. The summed E-state index contributed by atoms with van der Waals surface area (Å²) < 4.78 is 22.9. The van der Waals surface area contributed by atoms with Crippen LogP contribution in [0.15, 0.2) is 24.3 Å². The molecule has 0 aromatic heterocycles. The Morgan fingerprint density at radius 3 is 2.16 bits per heavy atom. The van der Waals surface area contributed by atoms with Gasteiger partial charge in [0.25, 0.3) is 0 Å². The lowest BCUT2D eigenvalue weighted by atomic mass is 9.99. The molecule has 142 valence electrons. The van der Waals surface area contributed by atoms with Crippen molar-refractivity contribution in [2.24, 2.45) is 11.1 Å². The Hall–Kier alpha value is -1.11. The van der Waals surface area contributed by atoms with E-state index in [2.05, 4.69) is 31.3 Å². The highest BCUT2D eigenvalue weighted by Crippen LogP contribution is 2.49. The fourth-order valence-electron chi connectivity index (χ4n) is 2.98. The molecule has 1 unspecified atom stereocenters. The lowest BCUT2D eigenvalue weighted by Gasteiger charge is -2.17. The fourth-order valence-corrected chi connectivity index (χ4v) is 4.48. The van der Waals surface area contributed by atoms with Crippen LogP contribution < -0.4 is 11.1 Å². The minimum absolute atomic E-state index is 0. The molecule has 1 saturated carbocycles. The average molecular weight is 389 g/mol. The van der Waals surface area contributed by atoms with E-state index >= 15 is 0 Å². The van der Waals surface area contributed by atoms with Crippen LogP contribution in [0.1, 0.15) is 56.2 Å². The maximum absolute atomic E-state index is 12.1. The summed E-state index contributed by atoms with van der Waals surface area (Å²) in [6.07, 6.45) is 3.09. The van der Waals surface area contributed by atoms with E-state index in [0.29, 0.717) is 12.5 Å². The zero-order valence-corrected chi connectivity index (χ0v) is 16.8. The molecule has 1 aromatic carbocycles. The second-order valence-electron chi connectivity index (χ2n) is 7.48. The Morgan fingerprint density at radius 2 is 1.72 bits per heavy atom. The summed E-state index contributed by atoms with van der Waals surface area (Å²) in [5.74, 6) is 0.445. The van der Waals surface area contributed by atoms with Crippen molar-refractivity contribution in [3.8, 4) is 0 Å². The molecule has 0 radical (unpaired) electrons. The van der Waals surface area contributed by atoms with E-state index in [0.717, 1.165) is 18.4 Å². The topological polar surface area (TPSA) is 89.3 Å². The number of hydrogen-bond donors (Lipinski definition) is 2. The van der Waals surface area contributed by atoms with Gasteiger partial charge in [0.1, 0.15) is 9.84 Å². The van der Waals surface area contributed by atoms with Crippen LogP contribution in [0.2, 0.25) is 0 Å². The lowest BCUT2D eigenvalue weighted by molar-refractivity contribution is -0.122. The van der Waals surface area contributed by atoms with Gasteiger partial charge in [-0.05, 0) is 35.3 Å². The van der Waals surface area contributed by atoms with Crippen molar-refractivity contribution in [1.82, 2.24) is 5.32 Å². The van der Waals surface area contributed by atoms with Gasteiger partial charge in [0, 0.05) is 25.3 Å². The minimum Gasteiger partial charge on any atom is -0.354 e. The highest BCUT2D eigenvalue weighted by atomic mass is 35.5. The smallest absolute Gasteiger partial charge is 0.220 e. The molecular formula is C18H29ClN2O3S. The van der Waals surface area contributed by atoms with E-state index in [-0.39, 0.29) is 41.9 Å². The van der Waals surface area contributed by atoms with Crippen molar-refractivity contribution in [3.63, 3.8) is 0 Å². The van der Waals surface area contributed by atoms with Gasteiger partial charge < -0.3 is 11.1 Å². The number of nitrogens with two attached hydrogens (primary N) is 1. The number of halogens is 1. The first-order chi connectivity index (χ1) is 11.1. The second kappa shape index (κ2) is 8.52. The van der Waals surface area contributed by atoms with Crippen molar-refractivity contribution in [2.45, 2.75) is 45.1 Å². The van der Waals surface area contributed by atoms with Crippen LogP contribution in [0.4, 0.5) is 0 Å². The molecule has 0 bridgehead atoms. The molecule has 0 spiro atoms. The quantitative estimate of drug-likeness (QED) is 0.716. The van der Waals surface area contributed by atoms with Gasteiger partial charge in [0.05, 0.1) is 5.75 Å². The predicted octanol–water partition coefficient (Wildman–Crippen LogP) is 2.56. The van der Waals surface area contributed by atoms with E-state index < -0.39 is 9.84 Å². The van der Waals surface area contributed by atoms with Crippen LogP contribution in [0, 0.1) is 5.41 Å². The molecule has 0 heterocycles. The molecule has 7 heteroatoms. The molecule has 1 aliphatic rings. The van der Waals surface area contributed by atoms with Gasteiger partial charge in [-0.3, -0.25) is 4.79 Å². The predicted molar refractivity (Wildman–Crippen MR) is 104 cm³/mol. The average Bonchev–Trinajstić information content (AvgIpc) is 3.21. The molecule has 1 amide bonds. The summed E-state index contributed by atoms with van der Waals surface area (Å²) >= 11 is 0. The van der Waals surface area contributed by atoms with E-state index in [1.807, 2.05) is 12.1 Å². The summed E-state index contributed by atoms with van der Waals surface area (Å²) in [5, 5.41) is 2.84. The maximum atomic E-state index is 12.1. The first-order valence-electron chi connectivity index (χ1n) is 8.40. The van der Waals surface area contributed by atoms with Gasteiger partial charge in [-0.2, -0.15) is 0 Å². The Morgan fingerprint density at radius 1 is 1.20 bits per heavy atom. The maximum Gasteiger partial charge on any atom is 0.220 e. The van der Waals surface area contributed by atoms with E-state index in [9.17, 15) is 13.2 Å². The summed E-state index contributed by atoms with van der Waals surface area (Å²) in [5.41, 5.74) is 8.03. The van der Waals surface area contributed by atoms with Crippen LogP contribution in [0.5, 0.6) is 0 Å². The number of amides is 1. The van der Waals surface area contributed by atoms with Gasteiger partial charge in [0.2, 0.25) is 5.91 Å². The number of sulfone groups is 1. The normalized spacial score (nSPS) is 16.8. The molecule has 0 saturated heterocycles. The summed E-state index contributed by atoms with van der Waals surface area (Å²) in [7, 11) is -3.06. The molecule has 25 heavy (non-hydrogen) atoms. The van der Waals surface area contributed by atoms with E-state index in [1.54, 1.807) is 0 Å². The first kappa shape index (κ1) is 21.9. The third-order valence-electron chi connectivity index (χ3n) is 4.61. The van der Waals surface area contributed by atoms with Crippen LogP contribution in [0.3, 0.4) is 0 Å². The molecule has 2 rings (SSSR count). The summed E-state index contributed by atoms with van der Waals surface area (Å²) in [6.45, 7) is 4.63. The van der Waals surface area contributed by atoms with Crippen LogP contribution in [-0.4, -0.2) is 32.9 Å². The molecule has 5 nitrogen and oxygen atoms in total. The molecule has 1 aliphatic carbocycles. The Balaban J connectivity index is 0.00000312. The van der Waals surface area contributed by atoms with Crippen molar-refractivity contribution in [2.75, 3.05) is 18.6 Å². The minimum atomic E-state index is -3.06. The van der Waals surface area contributed by atoms with Crippen LogP contribution in [0.25, 0.3) is 0 Å². The third-order valence-corrected chi connectivity index (χ3v) is 5.75. The molecule has 3 N–H and O–H groups in total. The number of hydrogen-bond acceptors (Lipinski definition) is 4. The zero-order valence-electron chi connectivity index (χ0n) is 15.1. The van der Waals surface area contributed by atoms with Gasteiger partial charge >= 0.3 is 0 Å². The van der Waals surface area contributed by atoms with Gasteiger partial charge in [-0.1, -0.05) is 38.1 Å². The van der Waals surface area contributed by atoms with Crippen LogP contribution in [-0.2, 0) is 14.6 Å². The number of carbonyl (C=O) groups excluding carboxylic acids is 1. The number of benzene rings is 1. The van der Waals surface area contributed by atoms with Gasteiger partial charge in [-0.15, -0.1) is 12.4 Å². The summed E-state index contributed by atoms with van der Waals surface area (Å²) in [6, 6.07) is 7.86. The van der Waals surface area contributed by atoms with Crippen molar-refractivity contribution < 1.29 is 13.2 Å². The van der Waals surface area contributed by atoms with Crippen molar-refractivity contribution >= 4 is 28.2 Å². The molecular weight excluding hydrogens is 360 g/mol. The van der Waals surface area contributed by atoms with Gasteiger partial charge in [-0.25, -0.2) is 8.42 Å². The van der Waals surface area contributed by atoms with Crippen molar-refractivity contribution in [1.29, 1.82) is 0 Å². The second-order valence-corrected chi connectivity index (χ2v) is 9.62. The third kappa shape index (κ3) is 6.96. The number of nitrogens with one attached hydrogen (secondary N) is 1.